The van der Waals surface area contributed by atoms with Crippen molar-refractivity contribution in [3.05, 3.63) is 47.8 Å². The van der Waals surface area contributed by atoms with Gasteiger partial charge in [-0.1, -0.05) is 76.1 Å². The first-order valence-corrected chi connectivity index (χ1v) is 9.81. The highest BCUT2D eigenvalue weighted by molar-refractivity contribution is 5.70. The van der Waals surface area contributed by atoms with Gasteiger partial charge < -0.3 is 5.11 Å². The van der Waals surface area contributed by atoms with Gasteiger partial charge in [-0.15, -0.1) is 0 Å². The van der Waals surface area contributed by atoms with Crippen LogP contribution >= 0.6 is 0 Å². The van der Waals surface area contributed by atoms with Gasteiger partial charge in [0.2, 0.25) is 0 Å². The average Bonchev–Trinajstić information content (AvgIpc) is 2.65. The number of benzene rings is 1. The molecule has 1 heterocycles. The molecule has 0 unspecified atom stereocenters. The number of aromatic nitrogens is 2. The Morgan fingerprint density at radius 1 is 0.846 bits per heavy atom. The lowest BCUT2D eigenvalue weighted by Crippen LogP contribution is -1.99. The minimum absolute atomic E-state index is 0.0404. The van der Waals surface area contributed by atoms with Gasteiger partial charge in [-0.2, -0.15) is 0 Å². The first-order valence-electron chi connectivity index (χ1n) is 9.81. The summed E-state index contributed by atoms with van der Waals surface area (Å²) in [5, 5.41) is 8.81. The second-order valence-electron chi connectivity index (χ2n) is 6.91. The van der Waals surface area contributed by atoms with E-state index in [0.717, 1.165) is 17.5 Å². The standard InChI is InChI=1S/C22H30N2O2/c1-2-3-4-5-6-7-8-9-10-19-16-23-22(24-17-19)20-13-11-18(12-14-20)15-21(25)26/h11-14,16-17H,2-10,15H2,1H3,(H,25,26). The molecule has 4 nitrogen and oxygen atoms in total. The van der Waals surface area contributed by atoms with E-state index in [4.69, 9.17) is 5.11 Å². The van der Waals surface area contributed by atoms with Gasteiger partial charge in [0.05, 0.1) is 6.42 Å². The Labute approximate surface area is 156 Å². The van der Waals surface area contributed by atoms with Crippen molar-refractivity contribution in [1.29, 1.82) is 0 Å². The molecule has 2 rings (SSSR count). The molecule has 1 aromatic heterocycles. The van der Waals surface area contributed by atoms with Crippen LogP contribution in [-0.2, 0) is 17.6 Å². The minimum atomic E-state index is -0.820. The number of nitrogens with zero attached hydrogens (tertiary/aromatic N) is 2. The summed E-state index contributed by atoms with van der Waals surface area (Å²) in [4.78, 5) is 19.6. The fourth-order valence-corrected chi connectivity index (χ4v) is 3.04. The molecule has 0 spiro atoms. The molecule has 0 saturated carbocycles. The van der Waals surface area contributed by atoms with Crippen LogP contribution < -0.4 is 0 Å². The molecule has 0 aliphatic carbocycles. The first-order chi connectivity index (χ1) is 12.7. The Morgan fingerprint density at radius 3 is 2.00 bits per heavy atom. The van der Waals surface area contributed by atoms with E-state index >= 15 is 0 Å². The molecule has 0 fully saturated rings. The fraction of sp³-hybridized carbons (Fsp3) is 0.500. The molecule has 140 valence electrons. The van der Waals surface area contributed by atoms with Gasteiger partial charge in [0.1, 0.15) is 0 Å². The number of aryl methyl sites for hydroxylation is 1. The van der Waals surface area contributed by atoms with Crippen LogP contribution in [0, 0.1) is 0 Å². The molecule has 1 N–H and O–H groups in total. The van der Waals surface area contributed by atoms with Crippen LogP contribution in [-0.4, -0.2) is 21.0 Å². The maximum absolute atomic E-state index is 10.7. The van der Waals surface area contributed by atoms with Gasteiger partial charge in [0.25, 0.3) is 0 Å². The van der Waals surface area contributed by atoms with Gasteiger partial charge in [-0.3, -0.25) is 4.79 Å². The van der Waals surface area contributed by atoms with Crippen molar-refractivity contribution in [2.24, 2.45) is 0 Å². The Morgan fingerprint density at radius 2 is 1.42 bits per heavy atom. The molecule has 0 aliphatic heterocycles. The van der Waals surface area contributed by atoms with E-state index in [0.29, 0.717) is 5.82 Å². The highest BCUT2D eigenvalue weighted by atomic mass is 16.4. The number of carboxylic acids is 1. The topological polar surface area (TPSA) is 63.1 Å². The summed E-state index contributed by atoms with van der Waals surface area (Å²) in [5.41, 5.74) is 2.88. The maximum atomic E-state index is 10.7. The number of carbonyl (C=O) groups is 1. The van der Waals surface area contributed by atoms with Crippen molar-refractivity contribution in [2.75, 3.05) is 0 Å². The van der Waals surface area contributed by atoms with Crippen LogP contribution in [0.2, 0.25) is 0 Å². The van der Waals surface area contributed by atoms with Crippen molar-refractivity contribution in [1.82, 2.24) is 9.97 Å². The van der Waals surface area contributed by atoms with Crippen LogP contribution in [0.5, 0.6) is 0 Å². The number of hydrogen-bond donors (Lipinski definition) is 1. The Balaban J connectivity index is 1.73. The molecule has 2 aromatic rings. The molecule has 1 aromatic carbocycles. The molecule has 4 heteroatoms. The zero-order valence-electron chi connectivity index (χ0n) is 15.8. The summed E-state index contributed by atoms with van der Waals surface area (Å²) in [5.74, 6) is -0.133. The summed E-state index contributed by atoms with van der Waals surface area (Å²) in [6.45, 7) is 2.25. The maximum Gasteiger partial charge on any atom is 0.307 e. The van der Waals surface area contributed by atoms with Crippen LogP contribution in [0.25, 0.3) is 11.4 Å². The van der Waals surface area contributed by atoms with Crippen molar-refractivity contribution in [3.63, 3.8) is 0 Å². The van der Waals surface area contributed by atoms with Crippen LogP contribution in [0.15, 0.2) is 36.7 Å². The highest BCUT2D eigenvalue weighted by Crippen LogP contribution is 2.17. The van der Waals surface area contributed by atoms with Crippen molar-refractivity contribution in [2.45, 2.75) is 71.1 Å². The number of rotatable bonds is 12. The molecule has 0 atom stereocenters. The molecule has 0 bridgehead atoms. The van der Waals surface area contributed by atoms with Crippen LogP contribution in [0.3, 0.4) is 0 Å². The summed E-state index contributed by atoms with van der Waals surface area (Å²) in [7, 11) is 0. The van der Waals surface area contributed by atoms with E-state index < -0.39 is 5.97 Å². The third-order valence-electron chi connectivity index (χ3n) is 4.59. The van der Waals surface area contributed by atoms with Crippen molar-refractivity contribution >= 4 is 5.97 Å². The predicted octanol–water partition coefficient (Wildman–Crippen LogP) is 5.45. The van der Waals surface area contributed by atoms with E-state index in [-0.39, 0.29) is 6.42 Å². The summed E-state index contributed by atoms with van der Waals surface area (Å²) in [6, 6.07) is 7.40. The molecule has 0 aliphatic rings. The second kappa shape index (κ2) is 11.4. The largest absolute Gasteiger partial charge is 0.481 e. The lowest BCUT2D eigenvalue weighted by molar-refractivity contribution is -0.136. The monoisotopic (exact) mass is 354 g/mol. The molecular formula is C22H30N2O2. The lowest BCUT2D eigenvalue weighted by atomic mass is 10.1. The average molecular weight is 354 g/mol. The zero-order valence-corrected chi connectivity index (χ0v) is 15.8. The van der Waals surface area contributed by atoms with E-state index in [1.54, 1.807) is 0 Å². The zero-order chi connectivity index (χ0) is 18.6. The quantitative estimate of drug-likeness (QED) is 0.515. The summed E-state index contributed by atoms with van der Waals surface area (Å²) < 4.78 is 0. The van der Waals surface area contributed by atoms with Gasteiger partial charge in [-0.25, -0.2) is 9.97 Å². The van der Waals surface area contributed by atoms with Crippen molar-refractivity contribution < 1.29 is 9.90 Å². The van der Waals surface area contributed by atoms with E-state index in [2.05, 4.69) is 16.9 Å². The highest BCUT2D eigenvalue weighted by Gasteiger charge is 2.04. The molecule has 26 heavy (non-hydrogen) atoms. The van der Waals surface area contributed by atoms with Crippen molar-refractivity contribution in [3.8, 4) is 11.4 Å². The van der Waals surface area contributed by atoms with E-state index in [1.165, 1.54) is 56.9 Å². The third-order valence-corrected chi connectivity index (χ3v) is 4.59. The summed E-state index contributed by atoms with van der Waals surface area (Å²) >= 11 is 0. The fourth-order valence-electron chi connectivity index (χ4n) is 3.04. The Hall–Kier alpha value is -2.23. The normalized spacial score (nSPS) is 10.8. The Bertz CT molecular complexity index is 651. The smallest absolute Gasteiger partial charge is 0.307 e. The van der Waals surface area contributed by atoms with Crippen LogP contribution in [0.1, 0.15) is 69.4 Å². The SMILES string of the molecule is CCCCCCCCCCc1cnc(-c2ccc(CC(=O)O)cc2)nc1. The molecule has 0 radical (unpaired) electrons. The van der Waals surface area contributed by atoms with Gasteiger partial charge >= 0.3 is 5.97 Å². The van der Waals surface area contributed by atoms with Gasteiger partial charge in [-0.05, 0) is 24.0 Å². The minimum Gasteiger partial charge on any atom is -0.481 e. The van der Waals surface area contributed by atoms with Gasteiger partial charge in [0.15, 0.2) is 5.82 Å². The predicted molar refractivity (Wildman–Crippen MR) is 105 cm³/mol. The number of unbranched alkanes of at least 4 members (excludes halogenated alkanes) is 7. The lowest BCUT2D eigenvalue weighted by Gasteiger charge is -2.05. The molecular weight excluding hydrogens is 324 g/mol. The molecule has 0 saturated heterocycles. The number of aliphatic carboxylic acids is 1. The molecule has 0 amide bonds. The van der Waals surface area contributed by atoms with Gasteiger partial charge in [0, 0.05) is 18.0 Å². The third kappa shape index (κ3) is 7.34. The Kier molecular flexibility index (Phi) is 8.81. The summed E-state index contributed by atoms with van der Waals surface area (Å²) in [6.07, 6.45) is 15.5. The number of carboxylic acid groups (broad SMARTS) is 1. The van der Waals surface area contributed by atoms with E-state index in [9.17, 15) is 4.79 Å². The van der Waals surface area contributed by atoms with Crippen LogP contribution in [0.4, 0.5) is 0 Å². The van der Waals surface area contributed by atoms with E-state index in [1.807, 2.05) is 36.7 Å². The first kappa shape index (κ1) is 20.1. The second-order valence-corrected chi connectivity index (χ2v) is 6.91. The number of hydrogen-bond acceptors (Lipinski definition) is 3.